The number of thiazole rings is 1. The fourth-order valence-corrected chi connectivity index (χ4v) is 5.42. The van der Waals surface area contributed by atoms with Gasteiger partial charge in [-0.1, -0.05) is 16.5 Å². The smallest absolute Gasteiger partial charge is 0.349 e. The molecule has 1 saturated heterocycles. The van der Waals surface area contributed by atoms with Crippen molar-refractivity contribution in [3.05, 3.63) is 35.0 Å². The topological polar surface area (TPSA) is 97.9 Å². The summed E-state index contributed by atoms with van der Waals surface area (Å²) in [4.78, 5) is 18.8. The normalized spacial score (nSPS) is 26.0. The highest BCUT2D eigenvalue weighted by atomic mass is 32.1. The second kappa shape index (κ2) is 7.55. The van der Waals surface area contributed by atoms with Crippen LogP contribution in [0.2, 0.25) is 0 Å². The van der Waals surface area contributed by atoms with Gasteiger partial charge in [-0.3, -0.25) is 0 Å². The first-order valence-corrected chi connectivity index (χ1v) is 10.8. The Hall–Kier alpha value is -2.65. The van der Waals surface area contributed by atoms with E-state index in [9.17, 15) is 9.90 Å². The Morgan fingerprint density at radius 3 is 2.90 bits per heavy atom. The van der Waals surface area contributed by atoms with Gasteiger partial charge < -0.3 is 24.0 Å². The fraction of sp³-hybridized carbons (Fsp3) is 0.476. The van der Waals surface area contributed by atoms with E-state index in [0.717, 1.165) is 35.7 Å². The number of aliphatic hydroxyl groups is 1. The van der Waals surface area contributed by atoms with Crippen molar-refractivity contribution in [3.63, 3.8) is 0 Å². The summed E-state index contributed by atoms with van der Waals surface area (Å²) in [5, 5.41) is 16.5. The summed E-state index contributed by atoms with van der Waals surface area (Å²) >= 11 is 1.35. The number of ether oxygens (including phenoxy) is 2. The molecule has 3 aromatic rings. The van der Waals surface area contributed by atoms with Crippen LogP contribution in [0.1, 0.15) is 28.2 Å². The second-order valence-corrected chi connectivity index (χ2v) is 9.05. The number of hydrogen-bond acceptors (Lipinski definition) is 9. The zero-order valence-corrected chi connectivity index (χ0v) is 17.6. The van der Waals surface area contributed by atoms with Gasteiger partial charge >= 0.3 is 5.97 Å². The minimum atomic E-state index is -0.528. The van der Waals surface area contributed by atoms with Gasteiger partial charge in [-0.15, -0.1) is 0 Å². The van der Waals surface area contributed by atoms with Crippen LogP contribution in [0.25, 0.3) is 11.0 Å². The van der Waals surface area contributed by atoms with Crippen LogP contribution in [-0.4, -0.2) is 53.6 Å². The molecule has 2 fully saturated rings. The number of nitrogens with zero attached hydrogens (tertiary/aromatic N) is 3. The molecule has 158 valence electrons. The highest BCUT2D eigenvalue weighted by molar-refractivity contribution is 7.17. The van der Waals surface area contributed by atoms with Crippen molar-refractivity contribution in [1.29, 1.82) is 0 Å². The van der Waals surface area contributed by atoms with Gasteiger partial charge in [-0.05, 0) is 43.7 Å². The lowest BCUT2D eigenvalue weighted by Gasteiger charge is -2.35. The summed E-state index contributed by atoms with van der Waals surface area (Å²) in [6, 6.07) is 5.67. The molecule has 5 rings (SSSR count). The van der Waals surface area contributed by atoms with Crippen LogP contribution in [0.5, 0.6) is 5.75 Å². The van der Waals surface area contributed by atoms with Crippen LogP contribution in [-0.2, 0) is 4.74 Å². The van der Waals surface area contributed by atoms with Crippen molar-refractivity contribution >= 4 is 33.4 Å². The average Bonchev–Trinajstić information content (AvgIpc) is 3.46. The summed E-state index contributed by atoms with van der Waals surface area (Å²) in [6.45, 7) is 3.57. The van der Waals surface area contributed by atoms with Gasteiger partial charge in [0.15, 0.2) is 10.7 Å². The van der Waals surface area contributed by atoms with Crippen molar-refractivity contribution in [2.75, 3.05) is 25.1 Å². The number of carbonyl (C=O) groups is 1. The van der Waals surface area contributed by atoms with Crippen molar-refractivity contribution in [2.24, 2.45) is 11.8 Å². The maximum absolute atomic E-state index is 11.7. The molecule has 1 aliphatic heterocycles. The highest BCUT2D eigenvalue weighted by Gasteiger charge is 2.43. The molecular formula is C21H23N3O5S. The minimum Gasteiger partial charge on any atom is -0.488 e. The zero-order chi connectivity index (χ0) is 20.8. The Morgan fingerprint density at radius 2 is 2.10 bits per heavy atom. The lowest BCUT2D eigenvalue weighted by atomic mass is 9.78. The standard InChI is InChI=1S/C21H23N3O5S/c1-11-15-4-3-14(7-17(15)29-23-11)28-18-6-13-10-24(9-12(13)5-16(18)25)21-22-8-19(30-21)20(26)27-2/h3-4,7-8,12-13,16,18,25H,5-6,9-10H2,1-2H3/t12-,13+,16+,18+/m0/s1. The largest absolute Gasteiger partial charge is 0.488 e. The van der Waals surface area contributed by atoms with Crippen LogP contribution in [0.4, 0.5) is 5.13 Å². The number of aryl methyl sites for hydroxylation is 1. The molecule has 0 bridgehead atoms. The van der Waals surface area contributed by atoms with Crippen LogP contribution >= 0.6 is 11.3 Å². The average molecular weight is 429 g/mol. The first-order chi connectivity index (χ1) is 14.5. The van der Waals surface area contributed by atoms with Gasteiger partial charge in [-0.2, -0.15) is 0 Å². The summed E-state index contributed by atoms with van der Waals surface area (Å²) in [6.07, 6.45) is 2.22. The van der Waals surface area contributed by atoms with Crippen LogP contribution in [0.3, 0.4) is 0 Å². The molecule has 2 aliphatic rings. The third-order valence-corrected chi connectivity index (χ3v) is 7.18. The van der Waals surface area contributed by atoms with Crippen molar-refractivity contribution in [1.82, 2.24) is 10.1 Å². The second-order valence-electron chi connectivity index (χ2n) is 8.04. The molecule has 1 aromatic carbocycles. The zero-order valence-electron chi connectivity index (χ0n) is 16.8. The molecule has 0 amide bonds. The van der Waals surface area contributed by atoms with E-state index >= 15 is 0 Å². The Morgan fingerprint density at radius 1 is 1.30 bits per heavy atom. The van der Waals surface area contributed by atoms with Crippen LogP contribution in [0, 0.1) is 18.8 Å². The summed E-state index contributed by atoms with van der Waals surface area (Å²) in [5.74, 6) is 1.10. The molecule has 0 unspecified atom stereocenters. The molecule has 1 saturated carbocycles. The summed E-state index contributed by atoms with van der Waals surface area (Å²) < 4.78 is 16.3. The van der Waals surface area contributed by atoms with Gasteiger partial charge in [0.1, 0.15) is 16.7 Å². The molecule has 1 aliphatic carbocycles. The minimum absolute atomic E-state index is 0.269. The molecule has 9 heteroatoms. The third kappa shape index (κ3) is 3.41. The van der Waals surface area contributed by atoms with Gasteiger partial charge in [-0.25, -0.2) is 9.78 Å². The van der Waals surface area contributed by atoms with Crippen LogP contribution < -0.4 is 9.64 Å². The number of hydrogen-bond donors (Lipinski definition) is 1. The number of aromatic nitrogens is 2. The Kier molecular flexibility index (Phi) is 4.86. The molecule has 8 nitrogen and oxygen atoms in total. The fourth-order valence-electron chi connectivity index (χ4n) is 4.57. The van der Waals surface area contributed by atoms with E-state index in [1.807, 2.05) is 25.1 Å². The molecule has 3 heterocycles. The lowest BCUT2D eigenvalue weighted by Crippen LogP contribution is -2.42. The maximum atomic E-state index is 11.7. The molecule has 4 atom stereocenters. The van der Waals surface area contributed by atoms with E-state index in [2.05, 4.69) is 15.0 Å². The van der Waals surface area contributed by atoms with E-state index in [-0.39, 0.29) is 12.1 Å². The quantitative estimate of drug-likeness (QED) is 0.632. The van der Waals surface area contributed by atoms with E-state index in [1.54, 1.807) is 6.20 Å². The van der Waals surface area contributed by atoms with E-state index in [4.69, 9.17) is 14.0 Å². The number of aliphatic hydroxyl groups excluding tert-OH is 1. The Balaban J connectivity index is 1.27. The van der Waals surface area contributed by atoms with Gasteiger partial charge in [0, 0.05) is 24.5 Å². The maximum Gasteiger partial charge on any atom is 0.349 e. The van der Waals surface area contributed by atoms with Gasteiger partial charge in [0.25, 0.3) is 0 Å². The molecule has 30 heavy (non-hydrogen) atoms. The summed E-state index contributed by atoms with van der Waals surface area (Å²) in [5.41, 5.74) is 1.53. The number of methoxy groups -OCH3 is 1. The molecular weight excluding hydrogens is 406 g/mol. The van der Waals surface area contributed by atoms with E-state index in [0.29, 0.717) is 34.5 Å². The molecule has 1 N–H and O–H groups in total. The van der Waals surface area contributed by atoms with E-state index < -0.39 is 6.10 Å². The first-order valence-electron chi connectivity index (χ1n) is 10.0. The Bertz CT molecular complexity index is 1080. The number of fused-ring (bicyclic) bond motifs is 2. The highest BCUT2D eigenvalue weighted by Crippen LogP contribution is 2.40. The number of anilines is 1. The van der Waals surface area contributed by atoms with Gasteiger partial charge in [0.05, 0.1) is 25.1 Å². The number of esters is 1. The molecule has 0 spiro atoms. The van der Waals surface area contributed by atoms with E-state index in [1.165, 1.54) is 18.4 Å². The lowest BCUT2D eigenvalue weighted by molar-refractivity contribution is -0.0231. The van der Waals surface area contributed by atoms with Crippen molar-refractivity contribution in [2.45, 2.75) is 32.0 Å². The number of carbonyl (C=O) groups excluding carboxylic acids is 1. The summed E-state index contributed by atoms with van der Waals surface area (Å²) in [7, 11) is 1.37. The van der Waals surface area contributed by atoms with Crippen LogP contribution in [0.15, 0.2) is 28.9 Å². The predicted molar refractivity (Wildman–Crippen MR) is 111 cm³/mol. The number of rotatable bonds is 4. The Labute approximate surface area is 177 Å². The molecule has 0 radical (unpaired) electrons. The van der Waals surface area contributed by atoms with Crippen molar-refractivity contribution < 1.29 is 23.9 Å². The SMILES string of the molecule is COC(=O)c1cnc(N2C[C@H]3C[C@@H](Oc4ccc5c(C)noc5c4)[C@H](O)C[C@H]3C2)s1. The molecule has 2 aromatic heterocycles. The van der Waals surface area contributed by atoms with Crippen molar-refractivity contribution in [3.8, 4) is 5.75 Å². The first kappa shape index (κ1) is 19.3. The number of benzene rings is 1. The monoisotopic (exact) mass is 429 g/mol. The van der Waals surface area contributed by atoms with Gasteiger partial charge in [0.2, 0.25) is 0 Å². The predicted octanol–water partition coefficient (Wildman–Crippen LogP) is 3.03. The third-order valence-electron chi connectivity index (χ3n) is 6.15.